The van der Waals surface area contributed by atoms with E-state index in [1.807, 2.05) is 0 Å². The smallest absolute Gasteiger partial charge is 0.328 e. The monoisotopic (exact) mass is 306 g/mol. The highest BCUT2D eigenvalue weighted by molar-refractivity contribution is 6.30. The summed E-state index contributed by atoms with van der Waals surface area (Å²) in [5, 5.41) is 8.69. The van der Waals surface area contributed by atoms with Gasteiger partial charge in [-0.25, -0.2) is 9.18 Å². The van der Waals surface area contributed by atoms with Gasteiger partial charge in [0, 0.05) is 17.2 Å². The number of para-hydroxylation sites is 1. The molecule has 2 aromatic carbocycles. The molecule has 0 spiro atoms. The summed E-state index contributed by atoms with van der Waals surface area (Å²) in [6, 6.07) is 11.6. The van der Waals surface area contributed by atoms with Gasteiger partial charge in [-0.05, 0) is 18.2 Å². The lowest BCUT2D eigenvalue weighted by Gasteiger charge is -2.10. The number of halogens is 2. The molecule has 2 aromatic rings. The number of rotatable bonds is 5. The topological polar surface area (TPSA) is 46.5 Å². The molecule has 0 heterocycles. The van der Waals surface area contributed by atoms with Crippen molar-refractivity contribution >= 4 is 23.6 Å². The number of aliphatic carboxylic acids is 1. The molecule has 0 amide bonds. The van der Waals surface area contributed by atoms with Gasteiger partial charge in [0.2, 0.25) is 0 Å². The van der Waals surface area contributed by atoms with Gasteiger partial charge < -0.3 is 9.84 Å². The molecular formula is C16H12ClFO3. The third-order valence-corrected chi connectivity index (χ3v) is 3.03. The van der Waals surface area contributed by atoms with E-state index >= 15 is 0 Å². The molecule has 0 aliphatic carbocycles. The van der Waals surface area contributed by atoms with E-state index in [9.17, 15) is 9.18 Å². The standard InChI is InChI=1S/C16H12ClFO3/c17-13-6-3-5-12(16(13)18)10-21-14-7-2-1-4-11(14)8-9-15(19)20/h1-9H,10H2,(H,19,20)/b9-8+. The minimum Gasteiger partial charge on any atom is -0.488 e. The molecule has 0 saturated heterocycles. The van der Waals surface area contributed by atoms with E-state index in [1.54, 1.807) is 36.4 Å². The number of carbonyl (C=O) groups is 1. The minimum absolute atomic E-state index is 0.00428. The summed E-state index contributed by atoms with van der Waals surface area (Å²) in [5.74, 6) is -1.10. The zero-order valence-corrected chi connectivity index (χ0v) is 11.7. The molecule has 21 heavy (non-hydrogen) atoms. The molecule has 0 atom stereocenters. The van der Waals surface area contributed by atoms with Gasteiger partial charge in [0.15, 0.2) is 0 Å². The van der Waals surface area contributed by atoms with E-state index in [4.69, 9.17) is 21.4 Å². The summed E-state index contributed by atoms with van der Waals surface area (Å²) < 4.78 is 19.3. The van der Waals surface area contributed by atoms with Crippen molar-refractivity contribution in [2.75, 3.05) is 0 Å². The first-order valence-corrected chi connectivity index (χ1v) is 6.51. The van der Waals surface area contributed by atoms with Crippen LogP contribution in [0.15, 0.2) is 48.5 Å². The molecule has 1 N–H and O–H groups in total. The number of hydrogen-bond donors (Lipinski definition) is 1. The van der Waals surface area contributed by atoms with Gasteiger partial charge in [-0.3, -0.25) is 0 Å². The second-order valence-electron chi connectivity index (χ2n) is 4.21. The van der Waals surface area contributed by atoms with Crippen molar-refractivity contribution < 1.29 is 19.0 Å². The second kappa shape index (κ2) is 6.90. The summed E-state index contributed by atoms with van der Waals surface area (Å²) in [6.07, 6.45) is 2.44. The highest BCUT2D eigenvalue weighted by Crippen LogP contribution is 2.23. The lowest BCUT2D eigenvalue weighted by Crippen LogP contribution is -2.00. The average Bonchev–Trinajstić information content (AvgIpc) is 2.47. The summed E-state index contributed by atoms with van der Waals surface area (Å²) >= 11 is 5.70. The zero-order chi connectivity index (χ0) is 15.2. The predicted octanol–water partition coefficient (Wildman–Crippen LogP) is 4.16. The van der Waals surface area contributed by atoms with Gasteiger partial charge >= 0.3 is 5.97 Å². The average molecular weight is 307 g/mol. The number of hydrogen-bond acceptors (Lipinski definition) is 2. The Hall–Kier alpha value is -2.33. The molecule has 0 bridgehead atoms. The lowest BCUT2D eigenvalue weighted by atomic mass is 10.2. The van der Waals surface area contributed by atoms with Crippen molar-refractivity contribution in [3.8, 4) is 5.75 Å². The molecule has 0 fully saturated rings. The van der Waals surface area contributed by atoms with Crippen LogP contribution < -0.4 is 4.74 Å². The number of carboxylic acids is 1. The molecule has 0 unspecified atom stereocenters. The number of carboxylic acid groups (broad SMARTS) is 1. The maximum absolute atomic E-state index is 13.8. The van der Waals surface area contributed by atoms with Crippen LogP contribution in [-0.4, -0.2) is 11.1 Å². The number of ether oxygens (including phenoxy) is 1. The molecule has 3 nitrogen and oxygen atoms in total. The van der Waals surface area contributed by atoms with Gasteiger partial charge in [-0.15, -0.1) is 0 Å². The van der Waals surface area contributed by atoms with Crippen LogP contribution in [0.5, 0.6) is 5.75 Å². The van der Waals surface area contributed by atoms with Gasteiger partial charge in [0.05, 0.1) is 5.02 Å². The fourth-order valence-corrected chi connectivity index (χ4v) is 1.92. The van der Waals surface area contributed by atoms with Gasteiger partial charge in [-0.1, -0.05) is 41.9 Å². The van der Waals surface area contributed by atoms with Crippen LogP contribution in [-0.2, 0) is 11.4 Å². The van der Waals surface area contributed by atoms with E-state index in [-0.39, 0.29) is 11.6 Å². The molecule has 0 aromatic heterocycles. The predicted molar refractivity (Wildman–Crippen MR) is 78.9 cm³/mol. The quantitative estimate of drug-likeness (QED) is 0.844. The minimum atomic E-state index is -1.05. The molecule has 0 radical (unpaired) electrons. The maximum atomic E-state index is 13.8. The molecule has 2 rings (SSSR count). The van der Waals surface area contributed by atoms with Crippen LogP contribution in [0.1, 0.15) is 11.1 Å². The fraction of sp³-hybridized carbons (Fsp3) is 0.0625. The normalized spacial score (nSPS) is 10.8. The van der Waals surface area contributed by atoms with Crippen molar-refractivity contribution in [2.24, 2.45) is 0 Å². The van der Waals surface area contributed by atoms with Crippen molar-refractivity contribution in [3.05, 3.63) is 70.5 Å². The third-order valence-electron chi connectivity index (χ3n) is 2.74. The Balaban J connectivity index is 2.17. The third kappa shape index (κ3) is 4.07. The Bertz CT molecular complexity index is 683. The molecule has 108 valence electrons. The summed E-state index contributed by atoms with van der Waals surface area (Å²) in [4.78, 5) is 10.6. The van der Waals surface area contributed by atoms with Crippen LogP contribution >= 0.6 is 11.6 Å². The largest absolute Gasteiger partial charge is 0.488 e. The van der Waals surface area contributed by atoms with E-state index in [1.165, 1.54) is 12.1 Å². The number of benzene rings is 2. The highest BCUT2D eigenvalue weighted by atomic mass is 35.5. The first kappa shape index (κ1) is 15.1. The van der Waals surface area contributed by atoms with E-state index < -0.39 is 11.8 Å². The molecule has 5 heteroatoms. The van der Waals surface area contributed by atoms with Crippen LogP contribution in [0.25, 0.3) is 6.08 Å². The molecular weight excluding hydrogens is 295 g/mol. The van der Waals surface area contributed by atoms with Crippen molar-refractivity contribution in [2.45, 2.75) is 6.61 Å². The zero-order valence-electron chi connectivity index (χ0n) is 10.9. The van der Waals surface area contributed by atoms with Gasteiger partial charge in [0.1, 0.15) is 18.2 Å². The summed E-state index contributed by atoms with van der Waals surface area (Å²) in [7, 11) is 0. The van der Waals surface area contributed by atoms with Crippen molar-refractivity contribution in [1.82, 2.24) is 0 Å². The highest BCUT2D eigenvalue weighted by Gasteiger charge is 2.08. The van der Waals surface area contributed by atoms with Crippen molar-refractivity contribution in [1.29, 1.82) is 0 Å². The van der Waals surface area contributed by atoms with E-state index in [2.05, 4.69) is 0 Å². The Kier molecular flexibility index (Phi) is 4.95. The molecule has 0 aliphatic heterocycles. The Morgan fingerprint density at radius 1 is 1.24 bits per heavy atom. The van der Waals surface area contributed by atoms with Gasteiger partial charge in [-0.2, -0.15) is 0 Å². The Morgan fingerprint density at radius 3 is 2.76 bits per heavy atom. The maximum Gasteiger partial charge on any atom is 0.328 e. The SMILES string of the molecule is O=C(O)/C=C/c1ccccc1OCc1cccc(Cl)c1F. The summed E-state index contributed by atoms with van der Waals surface area (Å²) in [5.41, 5.74) is 0.932. The van der Waals surface area contributed by atoms with Crippen LogP contribution in [0.2, 0.25) is 5.02 Å². The summed E-state index contributed by atoms with van der Waals surface area (Å²) in [6.45, 7) is 0.00428. The van der Waals surface area contributed by atoms with Crippen LogP contribution in [0.4, 0.5) is 4.39 Å². The molecule has 0 saturated carbocycles. The lowest BCUT2D eigenvalue weighted by molar-refractivity contribution is -0.131. The van der Waals surface area contributed by atoms with Crippen LogP contribution in [0.3, 0.4) is 0 Å². The first-order valence-electron chi connectivity index (χ1n) is 6.13. The second-order valence-corrected chi connectivity index (χ2v) is 4.62. The fourth-order valence-electron chi connectivity index (χ4n) is 1.73. The first-order chi connectivity index (χ1) is 10.1. The van der Waals surface area contributed by atoms with E-state index in [0.29, 0.717) is 16.9 Å². The Morgan fingerprint density at radius 2 is 2.00 bits per heavy atom. The van der Waals surface area contributed by atoms with Crippen LogP contribution in [0, 0.1) is 5.82 Å². The van der Waals surface area contributed by atoms with Gasteiger partial charge in [0.25, 0.3) is 0 Å². The molecule has 0 aliphatic rings. The van der Waals surface area contributed by atoms with Crippen molar-refractivity contribution in [3.63, 3.8) is 0 Å². The van der Waals surface area contributed by atoms with E-state index in [0.717, 1.165) is 6.08 Å². The Labute approximate surface area is 126 Å².